The van der Waals surface area contributed by atoms with E-state index >= 15 is 0 Å². The lowest BCUT2D eigenvalue weighted by atomic mass is 9.68. The van der Waals surface area contributed by atoms with Crippen LogP contribution in [-0.2, 0) is 4.79 Å². The van der Waals surface area contributed by atoms with Crippen LogP contribution in [0.25, 0.3) is 10.9 Å². The molecule has 0 radical (unpaired) electrons. The van der Waals surface area contributed by atoms with Crippen LogP contribution in [0.3, 0.4) is 0 Å². The summed E-state index contributed by atoms with van der Waals surface area (Å²) in [5.41, 5.74) is 2.69. The average Bonchev–Trinajstić information content (AvgIpc) is 3.53. The van der Waals surface area contributed by atoms with Gasteiger partial charge in [-0.2, -0.15) is 0 Å². The Hall–Kier alpha value is -2.14. The highest BCUT2D eigenvalue weighted by Gasteiger charge is 2.36. The number of piperidine rings is 1. The van der Waals surface area contributed by atoms with Gasteiger partial charge < -0.3 is 10.3 Å². The molecule has 5 nitrogen and oxygen atoms in total. The van der Waals surface area contributed by atoms with Crippen LogP contribution in [0.4, 0.5) is 5.69 Å². The molecule has 0 bridgehead atoms. The quantitative estimate of drug-likeness (QED) is 0.721. The van der Waals surface area contributed by atoms with Crippen LogP contribution in [0.15, 0.2) is 24.3 Å². The fraction of sp³-hybridized carbons (Fsp3) is 0.583. The van der Waals surface area contributed by atoms with E-state index in [9.17, 15) is 9.59 Å². The van der Waals surface area contributed by atoms with E-state index in [1.807, 2.05) is 24.3 Å². The van der Waals surface area contributed by atoms with E-state index in [4.69, 9.17) is 0 Å². The third-order valence-electron chi connectivity index (χ3n) is 7.36. The van der Waals surface area contributed by atoms with Crippen molar-refractivity contribution in [1.29, 1.82) is 0 Å². The first-order valence-corrected chi connectivity index (χ1v) is 11.3. The van der Waals surface area contributed by atoms with Gasteiger partial charge in [0.05, 0.1) is 12.2 Å². The van der Waals surface area contributed by atoms with E-state index in [2.05, 4.69) is 15.2 Å². The fourth-order valence-corrected chi connectivity index (χ4v) is 5.38. The summed E-state index contributed by atoms with van der Waals surface area (Å²) in [7, 11) is 0. The Balaban J connectivity index is 1.27. The topological polar surface area (TPSA) is 65.2 Å². The number of hydrogen-bond donors (Lipinski definition) is 2. The Bertz CT molecular complexity index is 911. The van der Waals surface area contributed by atoms with Crippen LogP contribution in [0.1, 0.15) is 68.3 Å². The number of ketones is 1. The van der Waals surface area contributed by atoms with Gasteiger partial charge >= 0.3 is 0 Å². The predicted molar refractivity (Wildman–Crippen MR) is 115 cm³/mol. The van der Waals surface area contributed by atoms with Gasteiger partial charge in [-0.3, -0.25) is 14.5 Å². The molecule has 3 aliphatic rings. The molecule has 1 saturated heterocycles. The molecule has 1 spiro atoms. The van der Waals surface area contributed by atoms with Crippen molar-refractivity contribution >= 4 is 28.3 Å². The highest BCUT2D eigenvalue weighted by Crippen LogP contribution is 2.44. The van der Waals surface area contributed by atoms with Crippen LogP contribution >= 0.6 is 0 Å². The van der Waals surface area contributed by atoms with Crippen LogP contribution in [0.5, 0.6) is 0 Å². The molecule has 2 saturated carbocycles. The van der Waals surface area contributed by atoms with Crippen molar-refractivity contribution in [3.8, 4) is 0 Å². The number of para-hydroxylation sites is 1. The van der Waals surface area contributed by atoms with Gasteiger partial charge in [0.25, 0.3) is 0 Å². The first kappa shape index (κ1) is 18.9. The number of fused-ring (bicyclic) bond motifs is 1. The van der Waals surface area contributed by atoms with Crippen LogP contribution in [0.2, 0.25) is 0 Å². The van der Waals surface area contributed by atoms with E-state index < -0.39 is 0 Å². The number of amides is 1. The summed E-state index contributed by atoms with van der Waals surface area (Å²) in [6.07, 6.45) is 11.2. The lowest BCUT2D eigenvalue weighted by molar-refractivity contribution is -0.118. The van der Waals surface area contributed by atoms with Crippen molar-refractivity contribution < 1.29 is 9.59 Å². The number of aromatic amines is 1. The third-order valence-corrected chi connectivity index (χ3v) is 7.36. The standard InChI is InChI=1S/C24H31N3O2/c28-20(16-27-14-12-24(13-15-27)10-4-1-5-11-24)26-21-18-6-2-3-7-19(18)25-22(21)23(29)17-8-9-17/h2-3,6-7,17,25H,1,4-5,8-16H2,(H,26,28). The van der Waals surface area contributed by atoms with Gasteiger partial charge in [0.1, 0.15) is 5.69 Å². The van der Waals surface area contributed by atoms with Gasteiger partial charge in [-0.25, -0.2) is 0 Å². The molecule has 1 amide bonds. The molecule has 5 heteroatoms. The van der Waals surface area contributed by atoms with Crippen molar-refractivity contribution in [3.63, 3.8) is 0 Å². The zero-order valence-corrected chi connectivity index (χ0v) is 17.1. The normalized spacial score (nSPS) is 22.1. The Morgan fingerprint density at radius 2 is 1.76 bits per heavy atom. The largest absolute Gasteiger partial charge is 0.350 e. The molecular weight excluding hydrogens is 362 g/mol. The van der Waals surface area contributed by atoms with Gasteiger partial charge in [-0.15, -0.1) is 0 Å². The van der Waals surface area contributed by atoms with Gasteiger partial charge in [0.2, 0.25) is 5.91 Å². The summed E-state index contributed by atoms with van der Waals surface area (Å²) in [5.74, 6) is 0.236. The Kier molecular flexibility index (Phi) is 4.94. The summed E-state index contributed by atoms with van der Waals surface area (Å²) in [4.78, 5) is 31.2. The second-order valence-electron chi connectivity index (χ2n) is 9.44. The molecule has 0 unspecified atom stereocenters. The van der Waals surface area contributed by atoms with Crippen LogP contribution < -0.4 is 5.32 Å². The molecule has 0 atom stereocenters. The SMILES string of the molecule is O=C(CN1CCC2(CCCCC2)CC1)Nc1c(C(=O)C2CC2)[nH]c2ccccc12. The van der Waals surface area contributed by atoms with Gasteiger partial charge in [0.15, 0.2) is 5.78 Å². The number of nitrogens with one attached hydrogen (secondary N) is 2. The number of aromatic nitrogens is 1. The maximum atomic E-state index is 12.9. The molecular formula is C24H31N3O2. The van der Waals surface area contributed by atoms with E-state index in [0.29, 0.717) is 23.3 Å². The number of nitrogens with zero attached hydrogens (tertiary/aromatic N) is 1. The smallest absolute Gasteiger partial charge is 0.238 e. The van der Waals surface area contributed by atoms with Crippen molar-refractivity contribution in [2.45, 2.75) is 57.8 Å². The molecule has 2 N–H and O–H groups in total. The molecule has 2 aliphatic carbocycles. The summed E-state index contributed by atoms with van der Waals surface area (Å²) >= 11 is 0. The van der Waals surface area contributed by atoms with Crippen molar-refractivity contribution in [3.05, 3.63) is 30.0 Å². The Morgan fingerprint density at radius 1 is 1.03 bits per heavy atom. The number of rotatable bonds is 5. The molecule has 5 rings (SSSR count). The van der Waals surface area contributed by atoms with E-state index in [1.54, 1.807) is 0 Å². The third kappa shape index (κ3) is 3.85. The second-order valence-corrected chi connectivity index (χ2v) is 9.44. The fourth-order valence-electron chi connectivity index (χ4n) is 5.38. The number of H-pyrrole nitrogens is 1. The minimum absolute atomic E-state index is 0.0146. The summed E-state index contributed by atoms with van der Waals surface area (Å²) < 4.78 is 0. The Morgan fingerprint density at radius 3 is 2.48 bits per heavy atom. The molecule has 2 aromatic rings. The van der Waals surface area contributed by atoms with Gasteiger partial charge in [-0.1, -0.05) is 37.5 Å². The first-order valence-electron chi connectivity index (χ1n) is 11.3. The summed E-state index contributed by atoms with van der Waals surface area (Å²) in [6, 6.07) is 7.83. The lowest BCUT2D eigenvalue weighted by Crippen LogP contribution is -2.44. The van der Waals surface area contributed by atoms with E-state index in [-0.39, 0.29) is 17.6 Å². The maximum absolute atomic E-state index is 12.9. The van der Waals surface area contributed by atoms with Crippen molar-refractivity contribution in [1.82, 2.24) is 9.88 Å². The maximum Gasteiger partial charge on any atom is 0.238 e. The number of carbonyl (C=O) groups excluding carboxylic acids is 2. The van der Waals surface area contributed by atoms with E-state index in [1.165, 1.54) is 44.9 Å². The van der Waals surface area contributed by atoms with Crippen LogP contribution in [-0.4, -0.2) is 41.2 Å². The zero-order valence-electron chi connectivity index (χ0n) is 17.1. The molecule has 29 heavy (non-hydrogen) atoms. The van der Waals surface area contributed by atoms with Crippen molar-refractivity contribution in [2.24, 2.45) is 11.3 Å². The molecule has 2 heterocycles. The number of benzene rings is 1. The zero-order chi connectivity index (χ0) is 19.8. The number of carbonyl (C=O) groups is 2. The molecule has 1 aromatic heterocycles. The molecule has 1 aliphatic heterocycles. The minimum Gasteiger partial charge on any atom is -0.350 e. The number of Topliss-reactive ketones (excluding diaryl/α,β-unsaturated/α-hetero) is 1. The highest BCUT2D eigenvalue weighted by molar-refractivity contribution is 6.14. The minimum atomic E-state index is -0.0146. The monoisotopic (exact) mass is 393 g/mol. The Labute approximate surface area is 172 Å². The average molecular weight is 394 g/mol. The molecule has 1 aromatic carbocycles. The number of hydrogen-bond acceptors (Lipinski definition) is 3. The number of anilines is 1. The predicted octanol–water partition coefficient (Wildman–Crippen LogP) is 4.75. The van der Waals surface area contributed by atoms with Gasteiger partial charge in [-0.05, 0) is 63.1 Å². The first-order chi connectivity index (χ1) is 14.1. The number of likely N-dealkylation sites (tertiary alicyclic amines) is 1. The summed E-state index contributed by atoms with van der Waals surface area (Å²) in [6.45, 7) is 2.43. The summed E-state index contributed by atoms with van der Waals surface area (Å²) in [5, 5.41) is 4.00. The molecule has 3 fully saturated rings. The highest BCUT2D eigenvalue weighted by atomic mass is 16.2. The van der Waals surface area contributed by atoms with Crippen LogP contribution in [0, 0.1) is 11.3 Å². The lowest BCUT2D eigenvalue weighted by Gasteiger charge is -2.44. The van der Waals surface area contributed by atoms with Crippen molar-refractivity contribution in [2.75, 3.05) is 25.0 Å². The van der Waals surface area contributed by atoms with Gasteiger partial charge in [0, 0.05) is 16.8 Å². The van der Waals surface area contributed by atoms with E-state index in [0.717, 1.165) is 36.8 Å². The second kappa shape index (κ2) is 7.60. The molecule has 154 valence electrons.